The molecule has 0 spiro atoms. The number of nitrogens with two attached hydrogens (primary N) is 1. The second-order valence-electron chi connectivity index (χ2n) is 4.77. The lowest BCUT2D eigenvalue weighted by atomic mass is 9.96. The average molecular weight is 299 g/mol. The predicted molar refractivity (Wildman–Crippen MR) is 79.4 cm³/mol. The minimum absolute atomic E-state index is 0.351. The van der Waals surface area contributed by atoms with E-state index in [-0.39, 0.29) is 0 Å². The second-order valence-corrected chi connectivity index (χ2v) is 5.69. The summed E-state index contributed by atoms with van der Waals surface area (Å²) in [6.45, 7) is 7.25. The monoisotopic (exact) mass is 298 g/mol. The molecule has 1 aromatic rings. The third-order valence-corrected chi connectivity index (χ3v) is 3.54. The molecule has 3 heteroatoms. The molecule has 0 aliphatic carbocycles. The van der Waals surface area contributed by atoms with Gasteiger partial charge in [-0.3, -0.25) is 0 Å². The first-order chi connectivity index (χ1) is 8.06. The van der Waals surface area contributed by atoms with Crippen LogP contribution < -0.4 is 11.1 Å². The third-order valence-electron chi connectivity index (χ3n) is 3.08. The molecule has 0 amide bonds. The molecule has 0 aliphatic heterocycles. The fourth-order valence-electron chi connectivity index (χ4n) is 2.12. The van der Waals surface area contributed by atoms with E-state index in [1.807, 2.05) is 0 Å². The summed E-state index contributed by atoms with van der Waals surface area (Å²) in [4.78, 5) is 0. The standard InChI is InChI=1S/C14H23BrN2/c1-4-5-11(3)14(9-16)17-13-7-10(2)6-12(15)8-13/h6-8,11,14,17H,4-5,9,16H2,1-3H3. The predicted octanol–water partition coefficient (Wildman–Crippen LogP) is 3.93. The van der Waals surface area contributed by atoms with Crippen molar-refractivity contribution in [1.29, 1.82) is 0 Å². The van der Waals surface area contributed by atoms with Gasteiger partial charge in [0.15, 0.2) is 0 Å². The van der Waals surface area contributed by atoms with Crippen LogP contribution in [0.1, 0.15) is 32.3 Å². The molecular formula is C14H23BrN2. The van der Waals surface area contributed by atoms with E-state index in [2.05, 4.69) is 60.2 Å². The lowest BCUT2D eigenvalue weighted by molar-refractivity contribution is 0.450. The van der Waals surface area contributed by atoms with Crippen LogP contribution in [-0.4, -0.2) is 12.6 Å². The molecule has 2 unspecified atom stereocenters. The van der Waals surface area contributed by atoms with Crippen LogP contribution in [0.2, 0.25) is 0 Å². The highest BCUT2D eigenvalue weighted by molar-refractivity contribution is 9.10. The van der Waals surface area contributed by atoms with Crippen molar-refractivity contribution >= 4 is 21.6 Å². The van der Waals surface area contributed by atoms with Gasteiger partial charge in [0, 0.05) is 22.7 Å². The van der Waals surface area contributed by atoms with Crippen LogP contribution >= 0.6 is 15.9 Å². The largest absolute Gasteiger partial charge is 0.381 e. The number of benzene rings is 1. The number of hydrogen-bond donors (Lipinski definition) is 2. The molecule has 0 bridgehead atoms. The van der Waals surface area contributed by atoms with Crippen LogP contribution in [0.15, 0.2) is 22.7 Å². The summed E-state index contributed by atoms with van der Waals surface area (Å²) >= 11 is 3.52. The zero-order valence-electron chi connectivity index (χ0n) is 11.0. The molecule has 3 N–H and O–H groups in total. The summed E-state index contributed by atoms with van der Waals surface area (Å²) in [6, 6.07) is 6.72. The minimum Gasteiger partial charge on any atom is -0.381 e. The highest BCUT2D eigenvalue weighted by atomic mass is 79.9. The Morgan fingerprint density at radius 2 is 2.06 bits per heavy atom. The van der Waals surface area contributed by atoms with E-state index in [9.17, 15) is 0 Å². The molecule has 0 radical (unpaired) electrons. The minimum atomic E-state index is 0.351. The van der Waals surface area contributed by atoms with E-state index >= 15 is 0 Å². The number of aryl methyl sites for hydroxylation is 1. The van der Waals surface area contributed by atoms with E-state index in [1.54, 1.807) is 0 Å². The normalized spacial score (nSPS) is 14.4. The van der Waals surface area contributed by atoms with E-state index in [1.165, 1.54) is 18.4 Å². The van der Waals surface area contributed by atoms with Crippen LogP contribution in [0.4, 0.5) is 5.69 Å². The van der Waals surface area contributed by atoms with Crippen molar-refractivity contribution < 1.29 is 0 Å². The van der Waals surface area contributed by atoms with E-state index in [0.717, 1.165) is 10.2 Å². The number of halogens is 1. The maximum Gasteiger partial charge on any atom is 0.0409 e. The second kappa shape index (κ2) is 7.02. The lowest BCUT2D eigenvalue weighted by Gasteiger charge is -2.25. The van der Waals surface area contributed by atoms with Gasteiger partial charge in [0.2, 0.25) is 0 Å². The molecule has 17 heavy (non-hydrogen) atoms. The van der Waals surface area contributed by atoms with Gasteiger partial charge in [0.05, 0.1) is 0 Å². The topological polar surface area (TPSA) is 38.0 Å². The molecule has 0 aliphatic rings. The molecule has 0 fully saturated rings. The Labute approximate surface area is 113 Å². The Balaban J connectivity index is 2.73. The summed E-state index contributed by atoms with van der Waals surface area (Å²) in [5, 5.41) is 3.54. The molecule has 1 aromatic carbocycles. The van der Waals surface area contributed by atoms with Gasteiger partial charge in [-0.1, -0.05) is 36.2 Å². The smallest absolute Gasteiger partial charge is 0.0409 e. The summed E-state index contributed by atoms with van der Waals surface area (Å²) in [7, 11) is 0. The summed E-state index contributed by atoms with van der Waals surface area (Å²) in [5.74, 6) is 0.601. The first-order valence-electron chi connectivity index (χ1n) is 6.30. The molecule has 0 saturated carbocycles. The Kier molecular flexibility index (Phi) is 6.00. The van der Waals surface area contributed by atoms with Crippen LogP contribution in [0, 0.1) is 12.8 Å². The van der Waals surface area contributed by atoms with Crippen LogP contribution in [0.3, 0.4) is 0 Å². The van der Waals surface area contributed by atoms with Crippen molar-refractivity contribution in [2.75, 3.05) is 11.9 Å². The molecule has 0 aromatic heterocycles. The zero-order chi connectivity index (χ0) is 12.8. The van der Waals surface area contributed by atoms with Gasteiger partial charge in [-0.25, -0.2) is 0 Å². The number of anilines is 1. The van der Waals surface area contributed by atoms with Crippen molar-refractivity contribution in [1.82, 2.24) is 0 Å². The highest BCUT2D eigenvalue weighted by Gasteiger charge is 2.14. The van der Waals surface area contributed by atoms with Gasteiger partial charge in [-0.15, -0.1) is 0 Å². The molecular weight excluding hydrogens is 276 g/mol. The van der Waals surface area contributed by atoms with Gasteiger partial charge >= 0.3 is 0 Å². The fourth-order valence-corrected chi connectivity index (χ4v) is 2.73. The summed E-state index contributed by atoms with van der Waals surface area (Å²) in [5.41, 5.74) is 8.25. The number of hydrogen-bond acceptors (Lipinski definition) is 2. The Bertz CT molecular complexity index is 332. The van der Waals surface area contributed by atoms with E-state index in [0.29, 0.717) is 18.5 Å². The van der Waals surface area contributed by atoms with E-state index in [4.69, 9.17) is 5.73 Å². The van der Waals surface area contributed by atoms with Gasteiger partial charge in [0.1, 0.15) is 0 Å². The first-order valence-corrected chi connectivity index (χ1v) is 7.10. The van der Waals surface area contributed by atoms with Gasteiger partial charge in [0.25, 0.3) is 0 Å². The van der Waals surface area contributed by atoms with E-state index < -0.39 is 0 Å². The first kappa shape index (κ1) is 14.5. The van der Waals surface area contributed by atoms with Crippen molar-refractivity contribution in [2.45, 2.75) is 39.7 Å². The molecule has 96 valence electrons. The maximum absolute atomic E-state index is 5.85. The summed E-state index contributed by atoms with van der Waals surface area (Å²) in [6.07, 6.45) is 2.42. The molecule has 2 atom stereocenters. The SMILES string of the molecule is CCCC(C)C(CN)Nc1cc(C)cc(Br)c1. The van der Waals surface area contributed by atoms with Crippen molar-refractivity contribution in [3.63, 3.8) is 0 Å². The Morgan fingerprint density at radius 3 is 2.59 bits per heavy atom. The Hall–Kier alpha value is -0.540. The van der Waals surface area contributed by atoms with Crippen LogP contribution in [0.25, 0.3) is 0 Å². The third kappa shape index (κ3) is 4.68. The van der Waals surface area contributed by atoms with Crippen molar-refractivity contribution in [3.05, 3.63) is 28.2 Å². The molecule has 0 saturated heterocycles. The molecule has 0 heterocycles. The van der Waals surface area contributed by atoms with Gasteiger partial charge in [-0.2, -0.15) is 0 Å². The average Bonchev–Trinajstić information content (AvgIpc) is 2.24. The van der Waals surface area contributed by atoms with Gasteiger partial charge < -0.3 is 11.1 Å². The maximum atomic E-state index is 5.85. The van der Waals surface area contributed by atoms with Crippen LogP contribution in [-0.2, 0) is 0 Å². The number of rotatable bonds is 6. The fraction of sp³-hybridized carbons (Fsp3) is 0.571. The Morgan fingerprint density at radius 1 is 1.35 bits per heavy atom. The quantitative estimate of drug-likeness (QED) is 0.835. The van der Waals surface area contributed by atoms with Gasteiger partial charge in [-0.05, 0) is 43.0 Å². The highest BCUT2D eigenvalue weighted by Crippen LogP contribution is 2.21. The number of nitrogens with one attached hydrogen (secondary N) is 1. The van der Waals surface area contributed by atoms with Crippen molar-refractivity contribution in [2.24, 2.45) is 11.7 Å². The molecule has 1 rings (SSSR count). The molecule has 2 nitrogen and oxygen atoms in total. The summed E-state index contributed by atoms with van der Waals surface area (Å²) < 4.78 is 1.11. The van der Waals surface area contributed by atoms with Crippen LogP contribution in [0.5, 0.6) is 0 Å². The zero-order valence-corrected chi connectivity index (χ0v) is 12.5. The lowest BCUT2D eigenvalue weighted by Crippen LogP contribution is -2.35. The van der Waals surface area contributed by atoms with Crippen molar-refractivity contribution in [3.8, 4) is 0 Å².